The molecule has 6 nitrogen and oxygen atoms in total. The Balaban J connectivity index is 1.69. The molecule has 1 fully saturated rings. The van der Waals surface area contributed by atoms with E-state index in [0.717, 1.165) is 4.88 Å². The van der Waals surface area contributed by atoms with Gasteiger partial charge < -0.3 is 4.42 Å². The zero-order valence-corrected chi connectivity index (χ0v) is 14.2. The minimum atomic E-state index is -4.67. The number of hydrogen-bond donors (Lipinski definition) is 0. The van der Waals surface area contributed by atoms with Crippen LogP contribution in [0.1, 0.15) is 35.4 Å². The lowest BCUT2D eigenvalue weighted by Crippen LogP contribution is -2.37. The predicted octanol–water partition coefficient (Wildman–Crippen LogP) is 3.03. The van der Waals surface area contributed by atoms with Gasteiger partial charge in [-0.15, -0.1) is 21.5 Å². The molecule has 2 aromatic heterocycles. The van der Waals surface area contributed by atoms with Crippen molar-refractivity contribution in [1.82, 2.24) is 14.5 Å². The Kier molecular flexibility index (Phi) is 4.43. The summed E-state index contributed by atoms with van der Waals surface area (Å²) in [4.78, 5) is 0.897. The van der Waals surface area contributed by atoms with Gasteiger partial charge in [0.2, 0.25) is 5.89 Å². The number of rotatable bonds is 3. The molecule has 1 aliphatic heterocycles. The summed E-state index contributed by atoms with van der Waals surface area (Å²) in [6, 6.07) is 3.30. The smallest absolute Gasteiger partial charge is 0.417 e. The highest BCUT2D eigenvalue weighted by Crippen LogP contribution is 2.34. The summed E-state index contributed by atoms with van der Waals surface area (Å²) >= 11 is 1.20. The summed E-state index contributed by atoms with van der Waals surface area (Å²) in [7, 11) is -3.56. The first-order valence-corrected chi connectivity index (χ1v) is 9.41. The molecule has 0 atom stereocenters. The first-order chi connectivity index (χ1) is 11.2. The fourth-order valence-electron chi connectivity index (χ4n) is 2.54. The molecule has 0 unspecified atom stereocenters. The Morgan fingerprint density at radius 3 is 2.42 bits per heavy atom. The molecule has 3 rings (SSSR count). The molecule has 0 spiro atoms. The van der Waals surface area contributed by atoms with Crippen LogP contribution in [0.2, 0.25) is 0 Å². The van der Waals surface area contributed by atoms with Crippen LogP contribution in [0.15, 0.2) is 20.8 Å². The molecular formula is C13H14F3N3O3S2. The van der Waals surface area contributed by atoms with Gasteiger partial charge in [0.05, 0.1) is 0 Å². The van der Waals surface area contributed by atoms with E-state index < -0.39 is 22.1 Å². The maximum absolute atomic E-state index is 12.5. The monoisotopic (exact) mass is 381 g/mol. The molecule has 132 valence electrons. The second-order valence-electron chi connectivity index (χ2n) is 5.49. The third-order valence-corrected chi connectivity index (χ3v) is 7.16. The normalized spacial score (nSPS) is 18.2. The molecule has 0 aromatic carbocycles. The van der Waals surface area contributed by atoms with E-state index in [0.29, 0.717) is 12.8 Å². The summed E-state index contributed by atoms with van der Waals surface area (Å²) in [6.45, 7) is 2.23. The van der Waals surface area contributed by atoms with Crippen molar-refractivity contribution >= 4 is 21.4 Å². The lowest BCUT2D eigenvalue weighted by molar-refractivity contribution is -0.157. The average Bonchev–Trinajstić information content (AvgIpc) is 3.16. The number of piperidine rings is 1. The van der Waals surface area contributed by atoms with Crippen LogP contribution in [-0.4, -0.2) is 36.0 Å². The van der Waals surface area contributed by atoms with Gasteiger partial charge in [-0.2, -0.15) is 17.5 Å². The van der Waals surface area contributed by atoms with Crippen LogP contribution < -0.4 is 0 Å². The van der Waals surface area contributed by atoms with Crippen LogP contribution in [0.3, 0.4) is 0 Å². The molecule has 0 aliphatic carbocycles. The Morgan fingerprint density at radius 2 is 1.92 bits per heavy atom. The van der Waals surface area contributed by atoms with Crippen molar-refractivity contribution in [2.75, 3.05) is 13.1 Å². The minimum Gasteiger partial charge on any atom is -0.417 e. The van der Waals surface area contributed by atoms with Gasteiger partial charge >= 0.3 is 12.1 Å². The van der Waals surface area contributed by atoms with Crippen molar-refractivity contribution in [1.29, 1.82) is 0 Å². The van der Waals surface area contributed by atoms with Gasteiger partial charge in [0.25, 0.3) is 10.0 Å². The summed E-state index contributed by atoms with van der Waals surface area (Å²) < 4.78 is 68.8. The van der Waals surface area contributed by atoms with E-state index >= 15 is 0 Å². The standard InChI is InChI=1S/C13H14F3N3O3S2/c1-8-2-3-10(23-8)24(20,21)19-6-4-9(5-7-19)11-17-18-12(22-11)13(14,15)16/h2-3,9H,4-7H2,1H3. The molecule has 1 aliphatic rings. The van der Waals surface area contributed by atoms with E-state index in [1.807, 2.05) is 6.92 Å². The fraction of sp³-hybridized carbons (Fsp3) is 0.538. The van der Waals surface area contributed by atoms with Crippen molar-refractivity contribution in [3.63, 3.8) is 0 Å². The highest BCUT2D eigenvalue weighted by molar-refractivity contribution is 7.91. The van der Waals surface area contributed by atoms with Gasteiger partial charge in [0.1, 0.15) is 4.21 Å². The molecule has 1 saturated heterocycles. The highest BCUT2D eigenvalue weighted by atomic mass is 32.2. The lowest BCUT2D eigenvalue weighted by Gasteiger charge is -2.29. The number of hydrogen-bond acceptors (Lipinski definition) is 6. The van der Waals surface area contributed by atoms with Crippen LogP contribution in [0.5, 0.6) is 0 Å². The number of alkyl halides is 3. The zero-order chi connectivity index (χ0) is 17.5. The van der Waals surface area contributed by atoms with Gasteiger partial charge in [-0.05, 0) is 31.9 Å². The van der Waals surface area contributed by atoms with Crippen LogP contribution >= 0.6 is 11.3 Å². The Labute approximate surface area is 140 Å². The van der Waals surface area contributed by atoms with E-state index in [9.17, 15) is 21.6 Å². The lowest BCUT2D eigenvalue weighted by atomic mass is 9.98. The average molecular weight is 381 g/mol. The SMILES string of the molecule is Cc1ccc(S(=O)(=O)N2CCC(c3nnc(C(F)(F)F)o3)CC2)s1. The molecular weight excluding hydrogens is 367 g/mol. The van der Waals surface area contributed by atoms with Gasteiger partial charge in [-0.25, -0.2) is 8.42 Å². The van der Waals surface area contributed by atoms with Crippen molar-refractivity contribution in [3.05, 3.63) is 28.8 Å². The maximum Gasteiger partial charge on any atom is 0.470 e. The van der Waals surface area contributed by atoms with Gasteiger partial charge in [-0.3, -0.25) is 0 Å². The minimum absolute atomic E-state index is 0.0914. The Bertz CT molecular complexity index is 821. The first-order valence-electron chi connectivity index (χ1n) is 7.15. The summed E-state index contributed by atoms with van der Waals surface area (Å²) in [5, 5.41) is 6.46. The van der Waals surface area contributed by atoms with Gasteiger partial charge in [-0.1, -0.05) is 0 Å². The maximum atomic E-state index is 12.5. The third kappa shape index (κ3) is 3.33. The van der Waals surface area contributed by atoms with Gasteiger partial charge in [0, 0.05) is 23.9 Å². The van der Waals surface area contributed by atoms with Crippen molar-refractivity contribution in [3.8, 4) is 0 Å². The first kappa shape index (κ1) is 17.4. The van der Waals surface area contributed by atoms with Crippen LogP contribution in [0.25, 0.3) is 0 Å². The van der Waals surface area contributed by atoms with Crippen molar-refractivity contribution < 1.29 is 26.0 Å². The molecule has 24 heavy (non-hydrogen) atoms. The molecule has 2 aromatic rings. The van der Waals surface area contributed by atoms with E-state index in [2.05, 4.69) is 14.6 Å². The van der Waals surface area contributed by atoms with Crippen LogP contribution in [0, 0.1) is 6.92 Å². The zero-order valence-electron chi connectivity index (χ0n) is 12.6. The molecule has 0 saturated carbocycles. The summed E-state index contributed by atoms with van der Waals surface area (Å²) in [5.41, 5.74) is 0. The van der Waals surface area contributed by atoms with Crippen LogP contribution in [-0.2, 0) is 16.2 Å². The molecule has 0 N–H and O–H groups in total. The topological polar surface area (TPSA) is 76.3 Å². The van der Waals surface area contributed by atoms with Crippen molar-refractivity contribution in [2.24, 2.45) is 0 Å². The number of thiophene rings is 1. The quantitative estimate of drug-likeness (QED) is 0.817. The van der Waals surface area contributed by atoms with E-state index in [4.69, 9.17) is 0 Å². The van der Waals surface area contributed by atoms with E-state index in [1.165, 1.54) is 15.6 Å². The second-order valence-corrected chi connectivity index (χ2v) is 8.94. The number of aryl methyl sites for hydroxylation is 1. The van der Waals surface area contributed by atoms with E-state index in [-0.39, 0.29) is 29.1 Å². The predicted molar refractivity (Wildman–Crippen MR) is 79.1 cm³/mol. The molecule has 0 bridgehead atoms. The third-order valence-electron chi connectivity index (χ3n) is 3.80. The highest BCUT2D eigenvalue weighted by Gasteiger charge is 2.39. The van der Waals surface area contributed by atoms with Crippen molar-refractivity contribution in [2.45, 2.75) is 36.1 Å². The number of nitrogens with zero attached hydrogens (tertiary/aromatic N) is 3. The Hall–Kier alpha value is -1.46. The number of aromatic nitrogens is 2. The molecule has 3 heterocycles. The molecule has 11 heteroatoms. The summed E-state index contributed by atoms with van der Waals surface area (Å²) in [6.07, 6.45) is -4.00. The number of sulfonamides is 1. The Morgan fingerprint density at radius 1 is 1.25 bits per heavy atom. The summed E-state index contributed by atoms with van der Waals surface area (Å²) in [5.74, 6) is -1.84. The molecule has 0 amide bonds. The number of halogens is 3. The van der Waals surface area contributed by atoms with Gasteiger partial charge in [0.15, 0.2) is 0 Å². The largest absolute Gasteiger partial charge is 0.470 e. The van der Waals surface area contributed by atoms with E-state index in [1.54, 1.807) is 12.1 Å². The van der Waals surface area contributed by atoms with Crippen LogP contribution in [0.4, 0.5) is 13.2 Å². The molecule has 0 radical (unpaired) electrons. The fourth-order valence-corrected chi connectivity index (χ4v) is 5.44. The second kappa shape index (κ2) is 6.12.